The molecule has 1 aliphatic rings. The molecule has 1 aromatic carbocycles. The second-order valence-corrected chi connectivity index (χ2v) is 3.68. The van der Waals surface area contributed by atoms with E-state index < -0.39 is 0 Å². The third-order valence-corrected chi connectivity index (χ3v) is 2.58. The number of ether oxygens (including phenoxy) is 2. The topological polar surface area (TPSA) is 18.5 Å². The van der Waals surface area contributed by atoms with Crippen molar-refractivity contribution < 1.29 is 9.47 Å². The minimum atomic E-state index is 0.312. The number of rotatable bonds is 3. The average molecular weight is 204 g/mol. The van der Waals surface area contributed by atoms with E-state index in [2.05, 4.69) is 12.2 Å². The van der Waals surface area contributed by atoms with Crippen molar-refractivity contribution in [2.24, 2.45) is 0 Å². The smallest absolute Gasteiger partial charge is 0.118 e. The molecule has 1 aromatic rings. The van der Waals surface area contributed by atoms with E-state index in [0.29, 0.717) is 6.10 Å². The summed E-state index contributed by atoms with van der Waals surface area (Å²) in [6.07, 6.45) is 6.88. The van der Waals surface area contributed by atoms with E-state index in [-0.39, 0.29) is 0 Å². The van der Waals surface area contributed by atoms with Gasteiger partial charge in [-0.2, -0.15) is 0 Å². The predicted octanol–water partition coefficient (Wildman–Crippen LogP) is 2.89. The highest BCUT2D eigenvalue weighted by Gasteiger charge is 2.10. The van der Waals surface area contributed by atoms with Crippen LogP contribution >= 0.6 is 0 Å². The number of benzene rings is 1. The Kier molecular flexibility index (Phi) is 3.41. The molecule has 15 heavy (non-hydrogen) atoms. The summed E-state index contributed by atoms with van der Waals surface area (Å²) in [6.45, 7) is 0.900. The lowest BCUT2D eigenvalue weighted by molar-refractivity contribution is 0.146. The Balaban J connectivity index is 1.97. The molecule has 0 saturated carbocycles. The second kappa shape index (κ2) is 4.99. The molecule has 1 saturated heterocycles. The van der Waals surface area contributed by atoms with Crippen LogP contribution in [0.3, 0.4) is 0 Å². The van der Waals surface area contributed by atoms with Crippen LogP contribution in [0, 0.1) is 0 Å². The third-order valence-electron chi connectivity index (χ3n) is 2.58. The van der Waals surface area contributed by atoms with Crippen LogP contribution in [0.2, 0.25) is 0 Å². The first kappa shape index (κ1) is 10.2. The normalized spacial score (nSPS) is 21.0. The highest BCUT2D eigenvalue weighted by molar-refractivity contribution is 5.51. The molecule has 2 nitrogen and oxygen atoms in total. The van der Waals surface area contributed by atoms with Crippen molar-refractivity contribution >= 4 is 6.08 Å². The zero-order chi connectivity index (χ0) is 10.5. The maximum atomic E-state index is 5.51. The highest BCUT2D eigenvalue weighted by atomic mass is 16.5. The van der Waals surface area contributed by atoms with Gasteiger partial charge >= 0.3 is 0 Å². The van der Waals surface area contributed by atoms with Gasteiger partial charge in [0.2, 0.25) is 0 Å². The third kappa shape index (κ3) is 2.83. The summed E-state index contributed by atoms with van der Waals surface area (Å²) >= 11 is 0. The van der Waals surface area contributed by atoms with Crippen LogP contribution in [0.5, 0.6) is 5.75 Å². The summed E-state index contributed by atoms with van der Waals surface area (Å²) in [6, 6.07) is 8.03. The number of hydrogen-bond donors (Lipinski definition) is 0. The summed E-state index contributed by atoms with van der Waals surface area (Å²) in [5.74, 6) is 0.893. The fourth-order valence-electron chi connectivity index (χ4n) is 1.69. The summed E-state index contributed by atoms with van der Waals surface area (Å²) in [5.41, 5.74) is 1.19. The highest BCUT2D eigenvalue weighted by Crippen LogP contribution is 2.16. The summed E-state index contributed by atoms with van der Waals surface area (Å²) in [5, 5.41) is 0. The van der Waals surface area contributed by atoms with Gasteiger partial charge in [0.05, 0.1) is 13.2 Å². The first-order valence-electron chi connectivity index (χ1n) is 5.32. The van der Waals surface area contributed by atoms with Gasteiger partial charge in [0.15, 0.2) is 0 Å². The zero-order valence-electron chi connectivity index (χ0n) is 8.98. The maximum Gasteiger partial charge on any atom is 0.118 e. The van der Waals surface area contributed by atoms with Gasteiger partial charge in [0.1, 0.15) is 5.75 Å². The molecule has 0 spiro atoms. The maximum absolute atomic E-state index is 5.51. The monoisotopic (exact) mass is 204 g/mol. The standard InChI is InChI=1S/C13H16O2/c1-14-12-7-4-11(5-8-12)6-9-13-3-2-10-15-13/h4-9,13H,2-3,10H2,1H3/b9-6-. The molecule has 0 amide bonds. The van der Waals surface area contributed by atoms with Crippen molar-refractivity contribution in [3.8, 4) is 5.75 Å². The van der Waals surface area contributed by atoms with Gasteiger partial charge in [0, 0.05) is 6.61 Å². The van der Waals surface area contributed by atoms with Crippen LogP contribution in [0.1, 0.15) is 18.4 Å². The van der Waals surface area contributed by atoms with Crippen molar-refractivity contribution in [3.05, 3.63) is 35.9 Å². The molecule has 0 N–H and O–H groups in total. The fourth-order valence-corrected chi connectivity index (χ4v) is 1.69. The predicted molar refractivity (Wildman–Crippen MR) is 61.0 cm³/mol. The average Bonchev–Trinajstić information content (AvgIpc) is 2.80. The second-order valence-electron chi connectivity index (χ2n) is 3.68. The molecule has 2 rings (SSSR count). The van der Waals surface area contributed by atoms with Gasteiger partial charge in [-0.3, -0.25) is 0 Å². The van der Waals surface area contributed by atoms with E-state index in [0.717, 1.165) is 18.8 Å². The van der Waals surface area contributed by atoms with Gasteiger partial charge in [0.25, 0.3) is 0 Å². The van der Waals surface area contributed by atoms with Gasteiger partial charge < -0.3 is 9.47 Å². The van der Waals surface area contributed by atoms with Crippen LogP contribution in [0.4, 0.5) is 0 Å². The number of methoxy groups -OCH3 is 1. The van der Waals surface area contributed by atoms with E-state index in [9.17, 15) is 0 Å². The SMILES string of the molecule is COc1ccc(/C=C\C2CCCO2)cc1. The van der Waals surface area contributed by atoms with Crippen LogP contribution in [-0.4, -0.2) is 19.8 Å². The molecule has 0 aliphatic carbocycles. The Morgan fingerprint density at radius 2 is 2.13 bits per heavy atom. The van der Waals surface area contributed by atoms with Crippen LogP contribution in [0.25, 0.3) is 6.08 Å². The largest absolute Gasteiger partial charge is 0.497 e. The van der Waals surface area contributed by atoms with Crippen molar-refractivity contribution in [2.45, 2.75) is 18.9 Å². The van der Waals surface area contributed by atoms with Crippen molar-refractivity contribution in [1.82, 2.24) is 0 Å². The first-order valence-corrected chi connectivity index (χ1v) is 5.32. The molecule has 1 aliphatic heterocycles. The Hall–Kier alpha value is -1.28. The van der Waals surface area contributed by atoms with Gasteiger partial charge in [-0.25, -0.2) is 0 Å². The molecule has 2 heteroatoms. The van der Waals surface area contributed by atoms with E-state index >= 15 is 0 Å². The van der Waals surface area contributed by atoms with E-state index in [1.807, 2.05) is 24.3 Å². The molecule has 0 radical (unpaired) electrons. The summed E-state index contributed by atoms with van der Waals surface area (Å²) < 4.78 is 10.6. The number of hydrogen-bond acceptors (Lipinski definition) is 2. The molecule has 1 unspecified atom stereocenters. The molecule has 0 aromatic heterocycles. The zero-order valence-corrected chi connectivity index (χ0v) is 8.98. The Labute approximate surface area is 90.5 Å². The van der Waals surface area contributed by atoms with Crippen molar-refractivity contribution in [3.63, 3.8) is 0 Å². The van der Waals surface area contributed by atoms with Crippen LogP contribution < -0.4 is 4.74 Å². The lowest BCUT2D eigenvalue weighted by atomic mass is 10.1. The lowest BCUT2D eigenvalue weighted by Crippen LogP contribution is -1.98. The molecule has 0 bridgehead atoms. The Bertz CT molecular complexity index is 321. The van der Waals surface area contributed by atoms with Crippen LogP contribution in [0.15, 0.2) is 30.3 Å². The van der Waals surface area contributed by atoms with E-state index in [1.165, 1.54) is 12.0 Å². The molecular formula is C13H16O2. The molecule has 80 valence electrons. The minimum Gasteiger partial charge on any atom is -0.497 e. The van der Waals surface area contributed by atoms with Crippen molar-refractivity contribution in [1.29, 1.82) is 0 Å². The Morgan fingerprint density at radius 3 is 2.73 bits per heavy atom. The van der Waals surface area contributed by atoms with Crippen molar-refractivity contribution in [2.75, 3.05) is 13.7 Å². The Morgan fingerprint density at radius 1 is 1.33 bits per heavy atom. The van der Waals surface area contributed by atoms with Gasteiger partial charge in [-0.1, -0.05) is 24.3 Å². The quantitative estimate of drug-likeness (QED) is 0.753. The first-order chi connectivity index (χ1) is 7.38. The minimum absolute atomic E-state index is 0.312. The van der Waals surface area contributed by atoms with E-state index in [4.69, 9.17) is 9.47 Å². The fraction of sp³-hybridized carbons (Fsp3) is 0.385. The molecule has 1 atom stereocenters. The summed E-state index contributed by atoms with van der Waals surface area (Å²) in [7, 11) is 1.68. The van der Waals surface area contributed by atoms with E-state index in [1.54, 1.807) is 7.11 Å². The van der Waals surface area contributed by atoms with Crippen LogP contribution in [-0.2, 0) is 4.74 Å². The molecular weight excluding hydrogens is 188 g/mol. The lowest BCUT2D eigenvalue weighted by Gasteiger charge is -2.02. The van der Waals surface area contributed by atoms with Gasteiger partial charge in [-0.05, 0) is 30.5 Å². The molecule has 1 fully saturated rings. The summed E-state index contributed by atoms with van der Waals surface area (Å²) in [4.78, 5) is 0. The van der Waals surface area contributed by atoms with Gasteiger partial charge in [-0.15, -0.1) is 0 Å². The molecule has 1 heterocycles.